The predicted octanol–water partition coefficient (Wildman–Crippen LogP) is 2.97. The number of nitrogens with one attached hydrogen (secondary N) is 1. The van der Waals surface area contributed by atoms with Gasteiger partial charge < -0.3 is 5.32 Å². The molecule has 0 amide bonds. The molecule has 1 aromatic rings. The summed E-state index contributed by atoms with van der Waals surface area (Å²) in [6.45, 7) is 3.49. The molecular formula is C13H20ClNO2S2. The van der Waals surface area contributed by atoms with Crippen molar-refractivity contribution in [1.29, 1.82) is 0 Å². The Morgan fingerprint density at radius 1 is 1.42 bits per heavy atom. The number of hydrogen-bond donors (Lipinski definition) is 1. The zero-order chi connectivity index (χ0) is 14.5. The zero-order valence-electron chi connectivity index (χ0n) is 11.4. The summed E-state index contributed by atoms with van der Waals surface area (Å²) in [6.07, 6.45) is 4.33. The third-order valence-electron chi connectivity index (χ3n) is 2.91. The first kappa shape index (κ1) is 16.8. The fourth-order valence-corrected chi connectivity index (χ4v) is 3.30. The topological polar surface area (TPSA) is 46.2 Å². The summed E-state index contributed by atoms with van der Waals surface area (Å²) in [5, 5.41) is 4.34. The van der Waals surface area contributed by atoms with E-state index in [1.54, 1.807) is 18.2 Å². The van der Waals surface area contributed by atoms with Crippen LogP contribution in [-0.4, -0.2) is 32.7 Å². The summed E-state index contributed by atoms with van der Waals surface area (Å²) in [4.78, 5) is 0.311. The third kappa shape index (κ3) is 5.34. The second kappa shape index (κ2) is 7.53. The van der Waals surface area contributed by atoms with E-state index < -0.39 is 9.84 Å². The van der Waals surface area contributed by atoms with Crippen molar-refractivity contribution in [3.63, 3.8) is 0 Å². The van der Waals surface area contributed by atoms with Crippen LogP contribution in [0.4, 0.5) is 0 Å². The van der Waals surface area contributed by atoms with Gasteiger partial charge in [-0.05, 0) is 31.4 Å². The van der Waals surface area contributed by atoms with Gasteiger partial charge in [-0.3, -0.25) is 0 Å². The second-order valence-corrected chi connectivity index (χ2v) is 8.17. The van der Waals surface area contributed by atoms with Gasteiger partial charge in [0.15, 0.2) is 9.84 Å². The fraction of sp³-hybridized carbons (Fsp3) is 0.538. The fourth-order valence-electron chi connectivity index (χ4n) is 1.69. The molecule has 1 atom stereocenters. The quantitative estimate of drug-likeness (QED) is 0.784. The maximum atomic E-state index is 11.7. The summed E-state index contributed by atoms with van der Waals surface area (Å²) in [6, 6.07) is 4.98. The number of thioether (sulfide) groups is 1. The number of hydrogen-bond acceptors (Lipinski definition) is 4. The van der Waals surface area contributed by atoms with Crippen LogP contribution in [0.5, 0.6) is 0 Å². The minimum atomic E-state index is -3.24. The van der Waals surface area contributed by atoms with E-state index in [0.29, 0.717) is 27.3 Å². The summed E-state index contributed by atoms with van der Waals surface area (Å²) in [7, 11) is -3.24. The molecular weight excluding hydrogens is 302 g/mol. The molecule has 0 aliphatic carbocycles. The Kier molecular flexibility index (Phi) is 6.66. The van der Waals surface area contributed by atoms with Gasteiger partial charge in [-0.25, -0.2) is 8.42 Å². The molecule has 0 radical (unpaired) electrons. The normalized spacial score (nSPS) is 13.5. The summed E-state index contributed by atoms with van der Waals surface area (Å²) in [5.74, 6) is 0. The number of benzene rings is 1. The maximum absolute atomic E-state index is 11.7. The van der Waals surface area contributed by atoms with Gasteiger partial charge in [0, 0.05) is 28.6 Å². The van der Waals surface area contributed by atoms with Gasteiger partial charge in [-0.2, -0.15) is 11.8 Å². The van der Waals surface area contributed by atoms with Crippen molar-refractivity contribution in [2.75, 3.05) is 19.1 Å². The van der Waals surface area contributed by atoms with Gasteiger partial charge in [0.05, 0.1) is 4.90 Å². The van der Waals surface area contributed by atoms with Crippen LogP contribution in [0.3, 0.4) is 0 Å². The molecule has 0 aliphatic heterocycles. The van der Waals surface area contributed by atoms with Crippen LogP contribution in [0, 0.1) is 0 Å². The van der Waals surface area contributed by atoms with E-state index in [1.165, 1.54) is 6.26 Å². The number of halogens is 1. The Bertz CT molecular complexity index is 517. The Balaban J connectivity index is 2.73. The largest absolute Gasteiger partial charge is 0.313 e. The molecule has 0 spiro atoms. The highest BCUT2D eigenvalue weighted by Gasteiger charge is 2.15. The molecule has 19 heavy (non-hydrogen) atoms. The standard InChI is InChI=1S/C13H20ClNO2S2/c1-10(18-2)7-8-15-9-11-12(14)5-4-6-13(11)19(3,16)17/h4-6,10,15H,7-9H2,1-3H3. The Morgan fingerprint density at radius 2 is 2.11 bits per heavy atom. The van der Waals surface area contributed by atoms with Gasteiger partial charge in [-0.1, -0.05) is 24.6 Å². The summed E-state index contributed by atoms with van der Waals surface area (Å²) >= 11 is 7.92. The molecule has 0 saturated heterocycles. The SMILES string of the molecule is CSC(C)CCNCc1c(Cl)cccc1S(C)(=O)=O. The van der Waals surface area contributed by atoms with E-state index in [0.717, 1.165) is 13.0 Å². The molecule has 1 unspecified atom stereocenters. The van der Waals surface area contributed by atoms with Crippen molar-refractivity contribution in [3.05, 3.63) is 28.8 Å². The van der Waals surface area contributed by atoms with Crippen molar-refractivity contribution in [3.8, 4) is 0 Å². The van der Waals surface area contributed by atoms with Crippen LogP contribution in [-0.2, 0) is 16.4 Å². The highest BCUT2D eigenvalue weighted by molar-refractivity contribution is 7.99. The Labute approximate surface area is 125 Å². The lowest BCUT2D eigenvalue weighted by Crippen LogP contribution is -2.19. The van der Waals surface area contributed by atoms with Crippen LogP contribution in [0.1, 0.15) is 18.9 Å². The highest BCUT2D eigenvalue weighted by Crippen LogP contribution is 2.23. The molecule has 1 N–H and O–H groups in total. The number of sulfone groups is 1. The van der Waals surface area contributed by atoms with Crippen molar-refractivity contribution < 1.29 is 8.42 Å². The van der Waals surface area contributed by atoms with E-state index in [1.807, 2.05) is 11.8 Å². The molecule has 3 nitrogen and oxygen atoms in total. The third-order valence-corrected chi connectivity index (χ3v) is 5.48. The van der Waals surface area contributed by atoms with E-state index in [2.05, 4.69) is 18.5 Å². The summed E-state index contributed by atoms with van der Waals surface area (Å²) in [5.41, 5.74) is 0.656. The first-order valence-electron chi connectivity index (χ1n) is 6.07. The van der Waals surface area contributed by atoms with E-state index >= 15 is 0 Å². The molecule has 0 fully saturated rings. The minimum Gasteiger partial charge on any atom is -0.313 e. The summed E-state index contributed by atoms with van der Waals surface area (Å²) < 4.78 is 23.4. The second-order valence-electron chi connectivity index (χ2n) is 4.50. The first-order valence-corrected chi connectivity index (χ1v) is 9.63. The van der Waals surface area contributed by atoms with Gasteiger partial charge >= 0.3 is 0 Å². The molecule has 1 rings (SSSR count). The van der Waals surface area contributed by atoms with Crippen LogP contribution in [0.2, 0.25) is 5.02 Å². The van der Waals surface area contributed by atoms with Crippen LogP contribution >= 0.6 is 23.4 Å². The molecule has 0 aromatic heterocycles. The van der Waals surface area contributed by atoms with Gasteiger partial charge in [0.1, 0.15) is 0 Å². The van der Waals surface area contributed by atoms with E-state index in [9.17, 15) is 8.42 Å². The van der Waals surface area contributed by atoms with Crippen molar-refractivity contribution >= 4 is 33.2 Å². The minimum absolute atomic E-state index is 0.311. The lowest BCUT2D eigenvalue weighted by atomic mass is 10.2. The first-order chi connectivity index (χ1) is 8.86. The zero-order valence-corrected chi connectivity index (χ0v) is 13.8. The van der Waals surface area contributed by atoms with Gasteiger partial charge in [-0.15, -0.1) is 0 Å². The van der Waals surface area contributed by atoms with Crippen LogP contribution in [0.15, 0.2) is 23.1 Å². The average molecular weight is 322 g/mol. The molecule has 108 valence electrons. The molecule has 0 heterocycles. The van der Waals surface area contributed by atoms with Crippen molar-refractivity contribution in [1.82, 2.24) is 5.32 Å². The van der Waals surface area contributed by atoms with Gasteiger partial charge in [0.2, 0.25) is 0 Å². The average Bonchev–Trinajstić information content (AvgIpc) is 2.34. The van der Waals surface area contributed by atoms with Crippen LogP contribution < -0.4 is 5.32 Å². The van der Waals surface area contributed by atoms with E-state index in [4.69, 9.17) is 11.6 Å². The Hall–Kier alpha value is -0.230. The molecule has 1 aromatic carbocycles. The lowest BCUT2D eigenvalue weighted by Gasteiger charge is -2.12. The number of rotatable bonds is 7. The maximum Gasteiger partial charge on any atom is 0.175 e. The van der Waals surface area contributed by atoms with Crippen LogP contribution in [0.25, 0.3) is 0 Å². The highest BCUT2D eigenvalue weighted by atomic mass is 35.5. The van der Waals surface area contributed by atoms with Crippen molar-refractivity contribution in [2.45, 2.75) is 30.0 Å². The van der Waals surface area contributed by atoms with Crippen molar-refractivity contribution in [2.24, 2.45) is 0 Å². The molecule has 6 heteroatoms. The monoisotopic (exact) mass is 321 g/mol. The Morgan fingerprint density at radius 3 is 2.68 bits per heavy atom. The smallest absolute Gasteiger partial charge is 0.175 e. The van der Waals surface area contributed by atoms with Gasteiger partial charge in [0.25, 0.3) is 0 Å². The molecule has 0 aliphatic rings. The lowest BCUT2D eigenvalue weighted by molar-refractivity contribution is 0.597. The predicted molar refractivity (Wildman–Crippen MR) is 83.9 cm³/mol. The molecule has 0 bridgehead atoms. The van der Waals surface area contributed by atoms with E-state index in [-0.39, 0.29) is 0 Å². The molecule has 0 saturated carbocycles.